The number of amides is 2. The molecule has 1 aliphatic heterocycles. The van der Waals surface area contributed by atoms with Gasteiger partial charge in [-0.3, -0.25) is 9.59 Å². The summed E-state index contributed by atoms with van der Waals surface area (Å²) < 4.78 is 12.2. The number of hydrogen-bond acceptors (Lipinski definition) is 7. The van der Waals surface area contributed by atoms with Gasteiger partial charge in [0.15, 0.2) is 11.5 Å². The van der Waals surface area contributed by atoms with Crippen LogP contribution in [0.4, 0.5) is 11.5 Å². The summed E-state index contributed by atoms with van der Waals surface area (Å²) in [6, 6.07) is 11.1. The SMILES string of the molecule is CCOc1cc([C@@H]2C(C(=O)Nc3ccc(OC)cc3)=C(C)Nc3c(C(N)=O)cnn32)ccc1O. The summed E-state index contributed by atoms with van der Waals surface area (Å²) in [7, 11) is 1.57. The second kappa shape index (κ2) is 9.18. The third-order valence-corrected chi connectivity index (χ3v) is 5.48. The normalized spacial score (nSPS) is 14.7. The third-order valence-electron chi connectivity index (χ3n) is 5.48. The maximum absolute atomic E-state index is 13.5. The molecule has 5 N–H and O–H groups in total. The minimum atomic E-state index is -0.720. The van der Waals surface area contributed by atoms with Crippen LogP contribution in [0.25, 0.3) is 0 Å². The fourth-order valence-corrected chi connectivity index (χ4v) is 3.88. The summed E-state index contributed by atoms with van der Waals surface area (Å²) in [5.74, 6) is 0.276. The number of nitrogens with zero attached hydrogens (tertiary/aromatic N) is 2. The molecule has 0 fully saturated rings. The number of ether oxygens (including phenoxy) is 2. The Morgan fingerprint density at radius 2 is 1.97 bits per heavy atom. The van der Waals surface area contributed by atoms with Gasteiger partial charge in [0.2, 0.25) is 0 Å². The summed E-state index contributed by atoms with van der Waals surface area (Å²) >= 11 is 0. The van der Waals surface area contributed by atoms with Crippen LogP contribution in [0.2, 0.25) is 0 Å². The van der Waals surface area contributed by atoms with Gasteiger partial charge in [-0.2, -0.15) is 5.10 Å². The van der Waals surface area contributed by atoms with Crippen molar-refractivity contribution < 1.29 is 24.2 Å². The lowest BCUT2D eigenvalue weighted by Gasteiger charge is -2.30. The minimum Gasteiger partial charge on any atom is -0.504 e. The van der Waals surface area contributed by atoms with Gasteiger partial charge in [0.1, 0.15) is 23.2 Å². The maximum Gasteiger partial charge on any atom is 0.255 e. The highest BCUT2D eigenvalue weighted by Crippen LogP contribution is 2.40. The molecule has 0 radical (unpaired) electrons. The zero-order valence-corrected chi connectivity index (χ0v) is 19.0. The molecule has 0 unspecified atom stereocenters. The van der Waals surface area contributed by atoms with Gasteiger partial charge < -0.3 is 30.9 Å². The molecule has 0 aliphatic carbocycles. The second-order valence-electron chi connectivity index (χ2n) is 7.62. The van der Waals surface area contributed by atoms with Crippen molar-refractivity contribution in [2.24, 2.45) is 5.73 Å². The maximum atomic E-state index is 13.5. The number of hydrogen-bond donors (Lipinski definition) is 4. The second-order valence-corrected chi connectivity index (χ2v) is 7.62. The van der Waals surface area contributed by atoms with E-state index < -0.39 is 11.9 Å². The van der Waals surface area contributed by atoms with Crippen molar-refractivity contribution in [2.75, 3.05) is 24.4 Å². The molecular weight excluding hydrogens is 438 g/mol. The molecule has 10 nitrogen and oxygen atoms in total. The largest absolute Gasteiger partial charge is 0.504 e. The van der Waals surface area contributed by atoms with Gasteiger partial charge in [0.25, 0.3) is 11.8 Å². The molecular formula is C24H25N5O5. The van der Waals surface area contributed by atoms with E-state index in [0.717, 1.165) is 0 Å². The number of allylic oxidation sites excluding steroid dienone is 1. The van der Waals surface area contributed by atoms with Crippen LogP contribution >= 0.6 is 0 Å². The predicted molar refractivity (Wildman–Crippen MR) is 126 cm³/mol. The van der Waals surface area contributed by atoms with Gasteiger partial charge >= 0.3 is 0 Å². The van der Waals surface area contributed by atoms with Crippen molar-refractivity contribution >= 4 is 23.3 Å². The van der Waals surface area contributed by atoms with Gasteiger partial charge in [-0.05, 0) is 55.8 Å². The van der Waals surface area contributed by atoms with Crippen molar-refractivity contribution in [3.63, 3.8) is 0 Å². The number of methoxy groups -OCH3 is 1. The van der Waals surface area contributed by atoms with E-state index in [4.69, 9.17) is 15.2 Å². The molecule has 4 rings (SSSR count). The van der Waals surface area contributed by atoms with E-state index in [1.54, 1.807) is 57.4 Å². The summed E-state index contributed by atoms with van der Waals surface area (Å²) in [4.78, 5) is 25.4. The van der Waals surface area contributed by atoms with Crippen molar-refractivity contribution in [1.82, 2.24) is 9.78 Å². The van der Waals surface area contributed by atoms with E-state index in [1.165, 1.54) is 16.9 Å². The van der Waals surface area contributed by atoms with Crippen LogP contribution in [0.5, 0.6) is 17.2 Å². The Bertz CT molecular complexity index is 1280. The Morgan fingerprint density at radius 3 is 2.62 bits per heavy atom. The molecule has 2 heterocycles. The number of carbonyl (C=O) groups excluding carboxylic acids is 2. The molecule has 0 saturated heterocycles. The Kier molecular flexibility index (Phi) is 6.13. The van der Waals surface area contributed by atoms with Crippen molar-refractivity contribution in [2.45, 2.75) is 19.9 Å². The van der Waals surface area contributed by atoms with Crippen molar-refractivity contribution in [3.8, 4) is 17.2 Å². The Balaban J connectivity index is 1.80. The number of benzene rings is 2. The number of anilines is 2. The van der Waals surface area contributed by atoms with Gasteiger partial charge in [-0.25, -0.2) is 4.68 Å². The number of phenols is 1. The number of carbonyl (C=O) groups is 2. The molecule has 1 atom stereocenters. The predicted octanol–water partition coefficient (Wildman–Crippen LogP) is 3.02. The van der Waals surface area contributed by atoms with Crippen LogP contribution in [-0.4, -0.2) is 40.4 Å². The molecule has 2 aromatic carbocycles. The number of nitrogens with one attached hydrogen (secondary N) is 2. The molecule has 1 aromatic heterocycles. The van der Waals surface area contributed by atoms with Gasteiger partial charge in [-0.15, -0.1) is 0 Å². The molecule has 34 heavy (non-hydrogen) atoms. The molecule has 0 spiro atoms. The first-order valence-electron chi connectivity index (χ1n) is 10.6. The average molecular weight is 463 g/mol. The molecule has 176 valence electrons. The summed E-state index contributed by atoms with van der Waals surface area (Å²) in [6.45, 7) is 3.89. The summed E-state index contributed by atoms with van der Waals surface area (Å²) in [5.41, 5.74) is 7.82. The smallest absolute Gasteiger partial charge is 0.255 e. The molecule has 1 aliphatic rings. The van der Waals surface area contributed by atoms with Gasteiger partial charge in [0, 0.05) is 11.4 Å². The molecule has 3 aromatic rings. The number of aromatic nitrogens is 2. The molecule has 2 amide bonds. The van der Waals surface area contributed by atoms with E-state index >= 15 is 0 Å². The quantitative estimate of drug-likeness (QED) is 0.422. The lowest BCUT2D eigenvalue weighted by molar-refractivity contribution is -0.113. The van der Waals surface area contributed by atoms with Crippen LogP contribution in [0.1, 0.15) is 35.8 Å². The van der Waals surface area contributed by atoms with Crippen molar-refractivity contribution in [3.05, 3.63) is 71.1 Å². The summed E-state index contributed by atoms with van der Waals surface area (Å²) in [5, 5.41) is 20.5. The fourth-order valence-electron chi connectivity index (χ4n) is 3.88. The number of rotatable bonds is 7. The highest BCUT2D eigenvalue weighted by Gasteiger charge is 2.35. The van der Waals surface area contributed by atoms with Crippen molar-refractivity contribution in [1.29, 1.82) is 0 Å². The van der Waals surface area contributed by atoms with Crippen LogP contribution in [0.15, 0.2) is 59.9 Å². The summed E-state index contributed by atoms with van der Waals surface area (Å²) in [6.07, 6.45) is 1.36. The van der Waals surface area contributed by atoms with E-state index in [2.05, 4.69) is 15.7 Å². The average Bonchev–Trinajstić information content (AvgIpc) is 3.24. The standard InChI is InChI=1S/C24H25N5O5/c1-4-34-19-11-14(5-10-18(19)30)21-20(24(32)28-15-6-8-16(33-3)9-7-15)13(2)27-23-17(22(25)31)12-26-29(21)23/h5-12,21,27,30H,4H2,1-3H3,(H2,25,31)(H,28,32)/t21-/m1/s1. The van der Waals surface area contributed by atoms with Crippen LogP contribution in [0, 0.1) is 0 Å². The Labute approximate surface area is 196 Å². The van der Waals surface area contributed by atoms with Gasteiger partial charge in [0.05, 0.1) is 25.5 Å². The Morgan fingerprint density at radius 1 is 1.24 bits per heavy atom. The number of aromatic hydroxyl groups is 1. The van der Waals surface area contributed by atoms with Crippen LogP contribution in [0.3, 0.4) is 0 Å². The van der Waals surface area contributed by atoms with E-state index in [0.29, 0.717) is 40.7 Å². The van der Waals surface area contributed by atoms with Gasteiger partial charge in [-0.1, -0.05) is 6.07 Å². The monoisotopic (exact) mass is 463 g/mol. The zero-order valence-electron chi connectivity index (χ0n) is 19.0. The van der Waals surface area contributed by atoms with Crippen LogP contribution < -0.4 is 25.8 Å². The number of primary amides is 1. The first-order chi connectivity index (χ1) is 16.3. The lowest BCUT2D eigenvalue weighted by Crippen LogP contribution is -2.32. The number of fused-ring (bicyclic) bond motifs is 1. The molecule has 10 heteroatoms. The number of nitrogens with two attached hydrogens (primary N) is 1. The van der Waals surface area contributed by atoms with E-state index in [1.807, 2.05) is 0 Å². The Hall–Kier alpha value is -4.47. The first kappa shape index (κ1) is 22.7. The number of phenolic OH excluding ortho intramolecular Hbond substituents is 1. The van der Waals surface area contributed by atoms with E-state index in [-0.39, 0.29) is 23.0 Å². The van der Waals surface area contributed by atoms with E-state index in [9.17, 15) is 14.7 Å². The zero-order chi connectivity index (χ0) is 24.4. The topological polar surface area (TPSA) is 141 Å². The van der Waals surface area contributed by atoms with Crippen LogP contribution in [-0.2, 0) is 4.79 Å². The minimum absolute atomic E-state index is 0.0250. The third kappa shape index (κ3) is 4.13. The lowest BCUT2D eigenvalue weighted by atomic mass is 9.94. The molecule has 0 bridgehead atoms. The highest BCUT2D eigenvalue weighted by atomic mass is 16.5. The first-order valence-corrected chi connectivity index (χ1v) is 10.6. The fraction of sp³-hybridized carbons (Fsp3) is 0.208. The molecule has 0 saturated carbocycles. The highest BCUT2D eigenvalue weighted by molar-refractivity contribution is 6.07.